The van der Waals surface area contributed by atoms with Crippen LogP contribution in [0.5, 0.6) is 5.75 Å². The number of aryl methyl sites for hydroxylation is 2. The van der Waals surface area contributed by atoms with Gasteiger partial charge in [-0.3, -0.25) is 4.68 Å². The van der Waals surface area contributed by atoms with Gasteiger partial charge < -0.3 is 9.15 Å². The number of oxazole rings is 1. The molecule has 182 valence electrons. The smallest absolute Gasteiger partial charge is 0.226 e. The molecule has 0 saturated carbocycles. The second kappa shape index (κ2) is 11.1. The molecule has 0 bridgehead atoms. The Morgan fingerprint density at radius 1 is 0.861 bits per heavy atom. The van der Waals surface area contributed by atoms with Gasteiger partial charge in [-0.05, 0) is 55.2 Å². The van der Waals surface area contributed by atoms with Crippen molar-refractivity contribution in [1.82, 2.24) is 14.8 Å². The number of hydrogen-bond acceptors (Lipinski definition) is 4. The first-order chi connectivity index (χ1) is 17.7. The number of unbranched alkanes of at least 4 members (excludes halogenated alkanes) is 1. The molecular formula is C31H31N3O2. The molecule has 0 atom stereocenters. The van der Waals surface area contributed by atoms with Gasteiger partial charge in [-0.2, -0.15) is 5.10 Å². The third-order valence-electron chi connectivity index (χ3n) is 6.24. The maximum absolute atomic E-state index is 6.01. The summed E-state index contributed by atoms with van der Waals surface area (Å²) in [6.07, 6.45) is 5.57. The van der Waals surface area contributed by atoms with Crippen molar-refractivity contribution in [3.8, 4) is 28.5 Å². The van der Waals surface area contributed by atoms with Crippen molar-refractivity contribution in [3.05, 3.63) is 114 Å². The maximum atomic E-state index is 6.01. The van der Waals surface area contributed by atoms with Gasteiger partial charge in [-0.15, -0.1) is 0 Å². The number of aromatic nitrogens is 3. The van der Waals surface area contributed by atoms with E-state index >= 15 is 0 Å². The fourth-order valence-electron chi connectivity index (χ4n) is 4.23. The minimum atomic E-state index is 0.363. The van der Waals surface area contributed by atoms with Crippen molar-refractivity contribution >= 4 is 0 Å². The molecular weight excluding hydrogens is 446 g/mol. The monoisotopic (exact) mass is 477 g/mol. The van der Waals surface area contributed by atoms with Crippen LogP contribution >= 0.6 is 0 Å². The van der Waals surface area contributed by atoms with E-state index in [1.807, 2.05) is 60.1 Å². The zero-order chi connectivity index (χ0) is 24.7. The van der Waals surface area contributed by atoms with Crippen LogP contribution in [0.3, 0.4) is 0 Å². The van der Waals surface area contributed by atoms with E-state index in [1.165, 1.54) is 23.1 Å². The van der Waals surface area contributed by atoms with Gasteiger partial charge in [0.2, 0.25) is 5.89 Å². The standard InChI is InChI=1S/C31H31N3O2/c1-3-4-11-27-21-34(33-30(27)25-12-7-5-8-13-25)20-24-16-18-28(19-17-24)35-22-29-23(2)36-31(32-29)26-14-9-6-10-15-26/h5-10,12-19,21H,3-4,11,20,22H2,1-2H3. The summed E-state index contributed by atoms with van der Waals surface area (Å²) in [5.74, 6) is 2.20. The quantitative estimate of drug-likeness (QED) is 0.209. The van der Waals surface area contributed by atoms with E-state index in [2.05, 4.69) is 54.5 Å². The Morgan fingerprint density at radius 2 is 1.56 bits per heavy atom. The Morgan fingerprint density at radius 3 is 2.25 bits per heavy atom. The third-order valence-corrected chi connectivity index (χ3v) is 6.24. The Balaban J connectivity index is 1.24. The maximum Gasteiger partial charge on any atom is 0.226 e. The van der Waals surface area contributed by atoms with E-state index in [-0.39, 0.29) is 0 Å². The number of rotatable bonds is 10. The molecule has 5 nitrogen and oxygen atoms in total. The molecule has 0 aliphatic carbocycles. The van der Waals surface area contributed by atoms with Crippen LogP contribution in [-0.2, 0) is 19.6 Å². The zero-order valence-electron chi connectivity index (χ0n) is 20.9. The summed E-state index contributed by atoms with van der Waals surface area (Å²) in [5.41, 5.74) is 6.51. The van der Waals surface area contributed by atoms with Crippen molar-refractivity contribution in [2.75, 3.05) is 0 Å². The predicted octanol–water partition coefficient (Wildman–Crippen LogP) is 7.48. The van der Waals surface area contributed by atoms with Gasteiger partial charge in [0.15, 0.2) is 0 Å². The summed E-state index contributed by atoms with van der Waals surface area (Å²) in [6, 6.07) is 28.6. The van der Waals surface area contributed by atoms with Crippen molar-refractivity contribution in [1.29, 1.82) is 0 Å². The number of nitrogens with zero attached hydrogens (tertiary/aromatic N) is 3. The molecule has 2 aromatic heterocycles. The molecule has 36 heavy (non-hydrogen) atoms. The Labute approximate surface area is 212 Å². The SMILES string of the molecule is CCCCc1cn(Cc2ccc(OCc3nc(-c4ccccc4)oc3C)cc2)nc1-c1ccccc1. The summed E-state index contributed by atoms with van der Waals surface area (Å²) in [5, 5.41) is 4.93. The molecule has 0 amide bonds. The Hall–Kier alpha value is -4.12. The molecule has 0 unspecified atom stereocenters. The van der Waals surface area contributed by atoms with Crippen LogP contribution in [0.4, 0.5) is 0 Å². The first-order valence-electron chi connectivity index (χ1n) is 12.5. The van der Waals surface area contributed by atoms with Gasteiger partial charge in [0.1, 0.15) is 23.8 Å². The molecule has 0 aliphatic heterocycles. The molecule has 0 spiro atoms. The topological polar surface area (TPSA) is 53.1 Å². The van der Waals surface area contributed by atoms with E-state index in [0.29, 0.717) is 12.5 Å². The average molecular weight is 478 g/mol. The second-order valence-corrected chi connectivity index (χ2v) is 8.99. The van der Waals surface area contributed by atoms with Crippen molar-refractivity contribution < 1.29 is 9.15 Å². The lowest BCUT2D eigenvalue weighted by Crippen LogP contribution is -2.01. The molecule has 5 aromatic rings. The van der Waals surface area contributed by atoms with Gasteiger partial charge in [0.25, 0.3) is 0 Å². The highest BCUT2D eigenvalue weighted by atomic mass is 16.5. The molecule has 5 rings (SSSR count). The van der Waals surface area contributed by atoms with E-state index in [9.17, 15) is 0 Å². The van der Waals surface area contributed by atoms with Gasteiger partial charge >= 0.3 is 0 Å². The van der Waals surface area contributed by atoms with Crippen LogP contribution in [0.1, 0.15) is 42.3 Å². The highest BCUT2D eigenvalue weighted by Gasteiger charge is 2.13. The van der Waals surface area contributed by atoms with Crippen molar-refractivity contribution in [2.24, 2.45) is 0 Å². The normalized spacial score (nSPS) is 11.1. The van der Waals surface area contributed by atoms with Gasteiger partial charge in [-0.1, -0.05) is 74.0 Å². The summed E-state index contributed by atoms with van der Waals surface area (Å²) >= 11 is 0. The van der Waals surface area contributed by atoms with Crippen LogP contribution in [0.25, 0.3) is 22.7 Å². The van der Waals surface area contributed by atoms with Crippen LogP contribution in [0, 0.1) is 6.92 Å². The summed E-state index contributed by atoms with van der Waals surface area (Å²) in [6.45, 7) is 5.23. The predicted molar refractivity (Wildman–Crippen MR) is 143 cm³/mol. The zero-order valence-corrected chi connectivity index (χ0v) is 20.9. The first kappa shape index (κ1) is 23.6. The Kier molecular flexibility index (Phi) is 7.27. The van der Waals surface area contributed by atoms with Crippen LogP contribution in [0.15, 0.2) is 95.5 Å². The highest BCUT2D eigenvalue weighted by molar-refractivity contribution is 5.62. The van der Waals surface area contributed by atoms with Gasteiger partial charge in [0.05, 0.1) is 12.2 Å². The highest BCUT2D eigenvalue weighted by Crippen LogP contribution is 2.25. The number of ether oxygens (including phenoxy) is 1. The lowest BCUT2D eigenvalue weighted by molar-refractivity contribution is 0.299. The van der Waals surface area contributed by atoms with E-state index in [0.717, 1.165) is 47.8 Å². The molecule has 0 N–H and O–H groups in total. The molecule has 0 aliphatic rings. The lowest BCUT2D eigenvalue weighted by Gasteiger charge is -2.07. The Bertz CT molecular complexity index is 1390. The molecule has 3 aromatic carbocycles. The van der Waals surface area contributed by atoms with E-state index in [4.69, 9.17) is 14.3 Å². The minimum absolute atomic E-state index is 0.363. The fourth-order valence-corrected chi connectivity index (χ4v) is 4.23. The second-order valence-electron chi connectivity index (χ2n) is 8.99. The molecule has 2 heterocycles. The van der Waals surface area contributed by atoms with Crippen LogP contribution in [0.2, 0.25) is 0 Å². The first-order valence-corrected chi connectivity index (χ1v) is 12.5. The minimum Gasteiger partial charge on any atom is -0.487 e. The molecule has 0 saturated heterocycles. The fraction of sp³-hybridized carbons (Fsp3) is 0.226. The number of hydrogen-bond donors (Lipinski definition) is 0. The summed E-state index contributed by atoms with van der Waals surface area (Å²) < 4.78 is 13.9. The molecule has 0 fully saturated rings. The van der Waals surface area contributed by atoms with Crippen LogP contribution < -0.4 is 4.74 Å². The molecule has 0 radical (unpaired) electrons. The summed E-state index contributed by atoms with van der Waals surface area (Å²) in [7, 11) is 0. The lowest BCUT2D eigenvalue weighted by atomic mass is 10.0. The largest absolute Gasteiger partial charge is 0.487 e. The number of benzene rings is 3. The van der Waals surface area contributed by atoms with Crippen LogP contribution in [-0.4, -0.2) is 14.8 Å². The van der Waals surface area contributed by atoms with Gasteiger partial charge in [0, 0.05) is 17.3 Å². The van der Waals surface area contributed by atoms with Gasteiger partial charge in [-0.25, -0.2) is 4.98 Å². The van der Waals surface area contributed by atoms with E-state index < -0.39 is 0 Å². The van der Waals surface area contributed by atoms with E-state index in [1.54, 1.807) is 0 Å². The molecule has 5 heteroatoms. The third kappa shape index (κ3) is 5.57. The van der Waals surface area contributed by atoms with Crippen molar-refractivity contribution in [3.63, 3.8) is 0 Å². The average Bonchev–Trinajstić information content (AvgIpc) is 3.51. The van der Waals surface area contributed by atoms with Crippen molar-refractivity contribution in [2.45, 2.75) is 46.3 Å². The summed E-state index contributed by atoms with van der Waals surface area (Å²) in [4.78, 5) is 4.62.